The van der Waals surface area contributed by atoms with Crippen molar-refractivity contribution < 1.29 is 0 Å². The zero-order chi connectivity index (χ0) is 15.8. The Morgan fingerprint density at radius 2 is 1.74 bits per heavy atom. The predicted molar refractivity (Wildman–Crippen MR) is 84.4 cm³/mol. The molecule has 0 aliphatic rings. The number of nitriles is 1. The van der Waals surface area contributed by atoms with Crippen LogP contribution < -0.4 is 5.69 Å². The van der Waals surface area contributed by atoms with E-state index in [-0.39, 0.29) is 5.69 Å². The van der Waals surface area contributed by atoms with E-state index in [1.807, 2.05) is 30.3 Å². The summed E-state index contributed by atoms with van der Waals surface area (Å²) in [6, 6.07) is 15.0. The Hall–Kier alpha value is -3.66. The molecule has 4 aromatic rings. The second-order valence-electron chi connectivity index (χ2n) is 5.05. The largest absolute Gasteiger partial charge is 0.340 e. The van der Waals surface area contributed by atoms with Gasteiger partial charge in [0.1, 0.15) is 0 Å². The van der Waals surface area contributed by atoms with E-state index in [0.717, 1.165) is 27.7 Å². The molecular weight excluding hydrogens is 292 g/mol. The van der Waals surface area contributed by atoms with E-state index < -0.39 is 0 Å². The van der Waals surface area contributed by atoms with Crippen LogP contribution in [0.25, 0.3) is 33.5 Å². The summed E-state index contributed by atoms with van der Waals surface area (Å²) in [5.74, 6) is 0.476. The number of nitrogens with one attached hydrogen (secondary N) is 3. The molecule has 0 saturated heterocycles. The summed E-state index contributed by atoms with van der Waals surface area (Å²) < 4.78 is 0. The third-order valence-electron chi connectivity index (χ3n) is 3.62. The van der Waals surface area contributed by atoms with Crippen LogP contribution in [0, 0.1) is 11.3 Å². The van der Waals surface area contributed by atoms with E-state index in [9.17, 15) is 4.79 Å². The third kappa shape index (κ3) is 2.18. The van der Waals surface area contributed by atoms with E-state index in [0.29, 0.717) is 11.4 Å². The molecule has 4 rings (SSSR count). The van der Waals surface area contributed by atoms with Gasteiger partial charge >= 0.3 is 5.69 Å². The molecular formula is C16H10N6O. The number of hydrogen-bond donors (Lipinski definition) is 3. The Bertz CT molecular complexity index is 1090. The number of aromatic nitrogens is 5. The van der Waals surface area contributed by atoms with Gasteiger partial charge in [-0.25, -0.2) is 9.89 Å². The lowest BCUT2D eigenvalue weighted by molar-refractivity contribution is 1.05. The highest BCUT2D eigenvalue weighted by atomic mass is 16.1. The molecule has 0 radical (unpaired) electrons. The summed E-state index contributed by atoms with van der Waals surface area (Å²) >= 11 is 0. The molecule has 0 fully saturated rings. The number of hydrogen-bond acceptors (Lipinski definition) is 4. The molecule has 23 heavy (non-hydrogen) atoms. The molecule has 0 amide bonds. The number of benzene rings is 2. The van der Waals surface area contributed by atoms with Crippen molar-refractivity contribution >= 4 is 10.9 Å². The lowest BCUT2D eigenvalue weighted by Gasteiger charge is -2.00. The second-order valence-corrected chi connectivity index (χ2v) is 5.05. The Morgan fingerprint density at radius 1 is 0.957 bits per heavy atom. The summed E-state index contributed by atoms with van der Waals surface area (Å²) in [6.07, 6.45) is 0. The van der Waals surface area contributed by atoms with Crippen molar-refractivity contribution in [3.63, 3.8) is 0 Å². The minimum Gasteiger partial charge on any atom is -0.289 e. The number of fused-ring (bicyclic) bond motifs is 1. The van der Waals surface area contributed by atoms with Crippen LogP contribution in [0.15, 0.2) is 47.3 Å². The van der Waals surface area contributed by atoms with Crippen LogP contribution in [0.4, 0.5) is 0 Å². The van der Waals surface area contributed by atoms with E-state index in [1.165, 1.54) is 0 Å². The zero-order valence-corrected chi connectivity index (χ0v) is 11.8. The fourth-order valence-electron chi connectivity index (χ4n) is 2.49. The van der Waals surface area contributed by atoms with Gasteiger partial charge in [0.05, 0.1) is 22.8 Å². The molecule has 2 aromatic heterocycles. The highest BCUT2D eigenvalue weighted by Gasteiger charge is 2.11. The SMILES string of the molecule is N#Cc1ccc(-c2n[nH]c3ccc(-c4n[nH]c(=O)[nH]4)cc23)cc1. The van der Waals surface area contributed by atoms with Crippen LogP contribution in [-0.4, -0.2) is 25.4 Å². The van der Waals surface area contributed by atoms with Gasteiger partial charge in [-0.3, -0.25) is 10.1 Å². The van der Waals surface area contributed by atoms with Crippen molar-refractivity contribution in [2.75, 3.05) is 0 Å². The van der Waals surface area contributed by atoms with E-state index in [2.05, 4.69) is 31.4 Å². The van der Waals surface area contributed by atoms with E-state index in [4.69, 9.17) is 5.26 Å². The predicted octanol–water partition coefficient (Wildman–Crippen LogP) is 2.18. The van der Waals surface area contributed by atoms with Gasteiger partial charge in [0.15, 0.2) is 5.82 Å². The Morgan fingerprint density at radius 3 is 2.43 bits per heavy atom. The lowest BCUT2D eigenvalue weighted by Crippen LogP contribution is -2.00. The summed E-state index contributed by atoms with van der Waals surface area (Å²) in [4.78, 5) is 13.8. The van der Waals surface area contributed by atoms with Crippen molar-refractivity contribution in [2.45, 2.75) is 0 Å². The molecule has 0 aliphatic heterocycles. The Kier molecular flexibility index (Phi) is 2.81. The van der Waals surface area contributed by atoms with Gasteiger partial charge in [0.2, 0.25) is 0 Å². The quantitative estimate of drug-likeness (QED) is 0.526. The summed E-state index contributed by atoms with van der Waals surface area (Å²) in [5, 5.41) is 23.4. The van der Waals surface area contributed by atoms with Gasteiger partial charge in [-0.15, -0.1) is 0 Å². The maximum atomic E-state index is 11.2. The maximum absolute atomic E-state index is 11.2. The van der Waals surface area contributed by atoms with Crippen molar-refractivity contribution in [1.82, 2.24) is 25.4 Å². The van der Waals surface area contributed by atoms with Crippen LogP contribution in [0.1, 0.15) is 5.56 Å². The normalized spacial score (nSPS) is 10.7. The molecule has 0 aliphatic carbocycles. The minimum atomic E-state index is -0.348. The first-order valence-corrected chi connectivity index (χ1v) is 6.88. The summed E-state index contributed by atoms with van der Waals surface area (Å²) in [6.45, 7) is 0. The van der Waals surface area contributed by atoms with Crippen LogP contribution in [-0.2, 0) is 0 Å². The van der Waals surface area contributed by atoms with Crippen molar-refractivity contribution in [1.29, 1.82) is 5.26 Å². The van der Waals surface area contributed by atoms with Crippen LogP contribution in [0.5, 0.6) is 0 Å². The van der Waals surface area contributed by atoms with Gasteiger partial charge < -0.3 is 0 Å². The fourth-order valence-corrected chi connectivity index (χ4v) is 2.49. The number of aromatic amines is 3. The molecule has 0 unspecified atom stereocenters. The van der Waals surface area contributed by atoms with E-state index >= 15 is 0 Å². The topological polar surface area (TPSA) is 114 Å². The number of nitrogens with zero attached hydrogens (tertiary/aromatic N) is 3. The number of rotatable bonds is 2. The zero-order valence-electron chi connectivity index (χ0n) is 11.8. The molecule has 3 N–H and O–H groups in total. The van der Waals surface area contributed by atoms with Crippen LogP contribution >= 0.6 is 0 Å². The van der Waals surface area contributed by atoms with E-state index in [1.54, 1.807) is 12.1 Å². The summed E-state index contributed by atoms with van der Waals surface area (Å²) in [5.41, 5.74) is 3.60. The van der Waals surface area contributed by atoms with Crippen LogP contribution in [0.2, 0.25) is 0 Å². The highest BCUT2D eigenvalue weighted by molar-refractivity contribution is 5.95. The molecule has 0 saturated carbocycles. The van der Waals surface area contributed by atoms with Crippen molar-refractivity contribution in [2.24, 2.45) is 0 Å². The molecule has 0 spiro atoms. The highest BCUT2D eigenvalue weighted by Crippen LogP contribution is 2.29. The van der Waals surface area contributed by atoms with Gasteiger partial charge in [0.25, 0.3) is 0 Å². The molecule has 2 aromatic carbocycles. The first-order chi connectivity index (χ1) is 11.2. The Balaban J connectivity index is 1.87. The standard InChI is InChI=1S/C16H10N6O/c17-8-9-1-3-10(4-2-9)14-12-7-11(5-6-13(12)19-20-14)15-18-16(23)22-21-15/h1-7H,(H,19,20)(H2,18,21,22,23). The fraction of sp³-hybridized carbons (Fsp3) is 0. The van der Waals surface area contributed by atoms with Crippen LogP contribution in [0.3, 0.4) is 0 Å². The monoisotopic (exact) mass is 302 g/mol. The smallest absolute Gasteiger partial charge is 0.289 e. The molecule has 7 heteroatoms. The minimum absolute atomic E-state index is 0.348. The molecule has 110 valence electrons. The maximum Gasteiger partial charge on any atom is 0.340 e. The van der Waals surface area contributed by atoms with Crippen molar-refractivity contribution in [3.05, 3.63) is 58.5 Å². The summed E-state index contributed by atoms with van der Waals surface area (Å²) in [7, 11) is 0. The lowest BCUT2D eigenvalue weighted by atomic mass is 10.0. The molecule has 2 heterocycles. The van der Waals surface area contributed by atoms with Gasteiger partial charge in [0, 0.05) is 16.5 Å². The number of H-pyrrole nitrogens is 3. The van der Waals surface area contributed by atoms with Crippen molar-refractivity contribution in [3.8, 4) is 28.7 Å². The Labute approximate surface area is 129 Å². The average Bonchev–Trinajstić information content (AvgIpc) is 3.20. The third-order valence-corrected chi connectivity index (χ3v) is 3.62. The average molecular weight is 302 g/mol. The van der Waals surface area contributed by atoms with Gasteiger partial charge in [-0.05, 0) is 30.3 Å². The first kappa shape index (κ1) is 13.0. The molecule has 0 atom stereocenters. The second kappa shape index (κ2) is 4.96. The molecule has 7 nitrogen and oxygen atoms in total. The molecule has 0 bridgehead atoms. The first-order valence-electron chi connectivity index (χ1n) is 6.88. The van der Waals surface area contributed by atoms with Gasteiger partial charge in [-0.1, -0.05) is 12.1 Å². The van der Waals surface area contributed by atoms with Gasteiger partial charge in [-0.2, -0.15) is 15.5 Å².